The molecule has 2 aromatic carbocycles. The molecule has 158 valence electrons. The lowest BCUT2D eigenvalue weighted by atomic mass is 9.93. The van der Waals surface area contributed by atoms with E-state index in [0.717, 1.165) is 51.2 Å². The molecule has 1 saturated heterocycles. The molecule has 1 heterocycles. The van der Waals surface area contributed by atoms with Gasteiger partial charge in [-0.05, 0) is 104 Å². The van der Waals surface area contributed by atoms with E-state index in [2.05, 4.69) is 73.8 Å². The van der Waals surface area contributed by atoms with Crippen LogP contribution in [0.15, 0.2) is 60.4 Å². The summed E-state index contributed by atoms with van der Waals surface area (Å²) in [6.45, 7) is 7.85. The van der Waals surface area contributed by atoms with Crippen molar-refractivity contribution in [1.29, 1.82) is 0 Å². The number of ether oxygens (including phenoxy) is 2. The molecule has 2 aliphatic rings. The summed E-state index contributed by atoms with van der Waals surface area (Å²) in [7, 11) is 0. The Kier molecular flexibility index (Phi) is 6.91. The molecular formula is C27H33NO2. The number of rotatable bonds is 7. The Hall–Kier alpha value is -2.52. The molecule has 0 atom stereocenters. The molecule has 0 amide bonds. The van der Waals surface area contributed by atoms with Crippen LogP contribution in [0.1, 0.15) is 42.4 Å². The first-order valence-corrected chi connectivity index (χ1v) is 11.2. The number of nitrogens with one attached hydrogen (secondary N) is 1. The normalized spacial score (nSPS) is 16.9. The second-order valence-corrected chi connectivity index (χ2v) is 8.50. The van der Waals surface area contributed by atoms with Gasteiger partial charge in [-0.25, -0.2) is 0 Å². The van der Waals surface area contributed by atoms with Gasteiger partial charge in [-0.3, -0.25) is 0 Å². The molecule has 0 radical (unpaired) electrons. The molecule has 1 fully saturated rings. The molecule has 3 nitrogen and oxygen atoms in total. The fourth-order valence-corrected chi connectivity index (χ4v) is 4.41. The Labute approximate surface area is 180 Å². The largest absolute Gasteiger partial charge is 0.489 e. The minimum atomic E-state index is 0.604. The molecule has 1 aliphatic heterocycles. The van der Waals surface area contributed by atoms with Crippen molar-refractivity contribution in [2.45, 2.75) is 46.1 Å². The monoisotopic (exact) mass is 403 g/mol. The van der Waals surface area contributed by atoms with E-state index in [1.54, 1.807) is 0 Å². The van der Waals surface area contributed by atoms with Crippen molar-refractivity contribution in [2.75, 3.05) is 25.1 Å². The first kappa shape index (κ1) is 20.7. The second kappa shape index (κ2) is 9.99. The standard InChI is InChI=1S/C27H33NO2/c1-20-15-25(28-18-22-11-13-29-14-12-22)16-21(2)27(20)24-8-6-7-23(17-24)19-30-26-9-4-3-5-10-26/h4,6-10,15-17,22,28H,3,5,11-14,18-19H2,1-2H3. The van der Waals surface area contributed by atoms with Crippen molar-refractivity contribution in [1.82, 2.24) is 0 Å². The van der Waals surface area contributed by atoms with E-state index < -0.39 is 0 Å². The van der Waals surface area contributed by atoms with Crippen molar-refractivity contribution >= 4 is 5.69 Å². The predicted molar refractivity (Wildman–Crippen MR) is 125 cm³/mol. The Balaban J connectivity index is 1.45. The van der Waals surface area contributed by atoms with Crippen LogP contribution in [0, 0.1) is 19.8 Å². The van der Waals surface area contributed by atoms with Crippen molar-refractivity contribution in [3.05, 3.63) is 77.1 Å². The molecule has 0 bridgehead atoms. The highest BCUT2D eigenvalue weighted by atomic mass is 16.5. The molecule has 1 N–H and O–H groups in total. The van der Waals surface area contributed by atoms with Crippen LogP contribution < -0.4 is 5.32 Å². The van der Waals surface area contributed by atoms with Gasteiger partial charge in [0.25, 0.3) is 0 Å². The average Bonchev–Trinajstić information content (AvgIpc) is 2.78. The Morgan fingerprint density at radius 1 is 1.03 bits per heavy atom. The minimum absolute atomic E-state index is 0.604. The van der Waals surface area contributed by atoms with Crippen LogP contribution in [0.2, 0.25) is 0 Å². The summed E-state index contributed by atoms with van der Waals surface area (Å²) in [6.07, 6.45) is 10.9. The van der Waals surface area contributed by atoms with E-state index in [0.29, 0.717) is 12.5 Å². The summed E-state index contributed by atoms with van der Waals surface area (Å²) < 4.78 is 11.5. The Morgan fingerprint density at radius 2 is 1.83 bits per heavy atom. The molecular weight excluding hydrogens is 370 g/mol. The van der Waals surface area contributed by atoms with Crippen LogP contribution in [0.25, 0.3) is 11.1 Å². The molecule has 0 aromatic heterocycles. The van der Waals surface area contributed by atoms with Crippen molar-refractivity contribution < 1.29 is 9.47 Å². The highest BCUT2D eigenvalue weighted by molar-refractivity contribution is 5.74. The van der Waals surface area contributed by atoms with Gasteiger partial charge in [-0.1, -0.05) is 24.3 Å². The zero-order valence-corrected chi connectivity index (χ0v) is 18.2. The van der Waals surface area contributed by atoms with E-state index in [9.17, 15) is 0 Å². The molecule has 0 saturated carbocycles. The van der Waals surface area contributed by atoms with E-state index in [1.807, 2.05) is 0 Å². The first-order valence-electron chi connectivity index (χ1n) is 11.2. The Bertz CT molecular complexity index is 899. The lowest BCUT2D eigenvalue weighted by Crippen LogP contribution is -2.22. The van der Waals surface area contributed by atoms with Gasteiger partial charge in [-0.15, -0.1) is 0 Å². The lowest BCUT2D eigenvalue weighted by Gasteiger charge is -2.23. The molecule has 4 rings (SSSR count). The summed E-state index contributed by atoms with van der Waals surface area (Å²) in [4.78, 5) is 0. The van der Waals surface area contributed by atoms with Gasteiger partial charge >= 0.3 is 0 Å². The third-order valence-electron chi connectivity index (χ3n) is 6.05. The lowest BCUT2D eigenvalue weighted by molar-refractivity contribution is 0.0699. The quantitative estimate of drug-likeness (QED) is 0.568. The highest BCUT2D eigenvalue weighted by Crippen LogP contribution is 2.31. The Morgan fingerprint density at radius 3 is 2.57 bits per heavy atom. The number of anilines is 1. The van der Waals surface area contributed by atoms with Crippen molar-refractivity contribution in [2.24, 2.45) is 5.92 Å². The number of benzene rings is 2. The van der Waals surface area contributed by atoms with E-state index in [4.69, 9.17) is 9.47 Å². The summed E-state index contributed by atoms with van der Waals surface area (Å²) in [5, 5.41) is 3.65. The number of aryl methyl sites for hydroxylation is 2. The molecule has 0 unspecified atom stereocenters. The summed E-state index contributed by atoms with van der Waals surface area (Å²) in [6, 6.07) is 13.3. The van der Waals surface area contributed by atoms with Crippen LogP contribution >= 0.6 is 0 Å². The zero-order valence-electron chi connectivity index (χ0n) is 18.2. The summed E-state index contributed by atoms with van der Waals surface area (Å²) in [5.74, 6) is 1.70. The maximum absolute atomic E-state index is 5.98. The van der Waals surface area contributed by atoms with E-state index in [1.165, 1.54) is 33.5 Å². The van der Waals surface area contributed by atoms with Crippen molar-refractivity contribution in [3.8, 4) is 11.1 Å². The fraction of sp³-hybridized carbons (Fsp3) is 0.407. The predicted octanol–water partition coefficient (Wildman–Crippen LogP) is 6.56. The number of hydrogen-bond acceptors (Lipinski definition) is 3. The first-order chi connectivity index (χ1) is 14.7. The molecule has 30 heavy (non-hydrogen) atoms. The summed E-state index contributed by atoms with van der Waals surface area (Å²) >= 11 is 0. The van der Waals surface area contributed by atoms with Gasteiger partial charge in [0.2, 0.25) is 0 Å². The molecule has 0 spiro atoms. The van der Waals surface area contributed by atoms with E-state index >= 15 is 0 Å². The fourth-order valence-electron chi connectivity index (χ4n) is 4.41. The third kappa shape index (κ3) is 5.34. The zero-order chi connectivity index (χ0) is 20.8. The maximum atomic E-state index is 5.98. The second-order valence-electron chi connectivity index (χ2n) is 8.50. The average molecular weight is 404 g/mol. The smallest absolute Gasteiger partial charge is 0.115 e. The van der Waals surface area contributed by atoms with Crippen LogP contribution in [0.5, 0.6) is 0 Å². The molecule has 3 heteroatoms. The highest BCUT2D eigenvalue weighted by Gasteiger charge is 2.14. The minimum Gasteiger partial charge on any atom is -0.489 e. The van der Waals surface area contributed by atoms with Gasteiger partial charge in [0.15, 0.2) is 0 Å². The molecule has 2 aromatic rings. The van der Waals surface area contributed by atoms with Gasteiger partial charge in [0.05, 0.1) is 0 Å². The van der Waals surface area contributed by atoms with E-state index in [-0.39, 0.29) is 0 Å². The maximum Gasteiger partial charge on any atom is 0.115 e. The van der Waals surface area contributed by atoms with Crippen molar-refractivity contribution in [3.63, 3.8) is 0 Å². The molecule has 1 aliphatic carbocycles. The van der Waals surface area contributed by atoms with Crippen LogP contribution in [-0.4, -0.2) is 19.8 Å². The topological polar surface area (TPSA) is 30.5 Å². The number of hydrogen-bond donors (Lipinski definition) is 1. The SMILES string of the molecule is Cc1cc(NCC2CCOCC2)cc(C)c1-c1cccc(COC2=CCCC=C2)c1. The van der Waals surface area contributed by atoms with Crippen LogP contribution in [-0.2, 0) is 16.1 Å². The summed E-state index contributed by atoms with van der Waals surface area (Å²) in [5.41, 5.74) is 7.62. The van der Waals surface area contributed by atoms with Gasteiger partial charge in [0.1, 0.15) is 12.4 Å². The van der Waals surface area contributed by atoms with Crippen LogP contribution in [0.3, 0.4) is 0 Å². The third-order valence-corrected chi connectivity index (χ3v) is 6.05. The van der Waals surface area contributed by atoms with Gasteiger partial charge in [0, 0.05) is 25.4 Å². The number of allylic oxidation sites excluding steroid dienone is 3. The van der Waals surface area contributed by atoms with Gasteiger partial charge < -0.3 is 14.8 Å². The van der Waals surface area contributed by atoms with Gasteiger partial charge in [-0.2, -0.15) is 0 Å². The van der Waals surface area contributed by atoms with Crippen LogP contribution in [0.4, 0.5) is 5.69 Å².